The number of nitrogens with zero attached hydrogens (tertiary/aromatic N) is 3. The van der Waals surface area contributed by atoms with Gasteiger partial charge in [0.2, 0.25) is 0 Å². The van der Waals surface area contributed by atoms with E-state index in [0.29, 0.717) is 10.1 Å². The Morgan fingerprint density at radius 1 is 1.08 bits per heavy atom. The zero-order valence-electron chi connectivity index (χ0n) is 19.2. The van der Waals surface area contributed by atoms with E-state index >= 15 is 0 Å². The van der Waals surface area contributed by atoms with Gasteiger partial charge in [0.05, 0.1) is 21.7 Å². The standard InChI is InChI=1S/C23H21N3O6S4/c1-3-24-13-6-4-5-7-14(13)34-15(24)10-12(2)18-20(31)26(11-17(29)30)22(35-18)19-21(32)25(23(33)36-19)9-8-16(27)28/h4-7,10H,3,8-9,11H2,1-2H3,(H,27,28)(H,29,30)/b15-10?,18-12+,22-19-. The van der Waals surface area contributed by atoms with Crippen LogP contribution in [0.4, 0.5) is 5.69 Å². The predicted molar refractivity (Wildman–Crippen MR) is 146 cm³/mol. The third-order valence-electron chi connectivity index (χ3n) is 5.42. The van der Waals surface area contributed by atoms with E-state index in [0.717, 1.165) is 49.8 Å². The smallest absolute Gasteiger partial charge is 0.323 e. The number of benzene rings is 1. The molecule has 13 heteroatoms. The molecule has 2 N–H and O–H groups in total. The summed E-state index contributed by atoms with van der Waals surface area (Å²) in [5.74, 6) is -2.83. The van der Waals surface area contributed by atoms with Crippen LogP contribution in [0.25, 0.3) is 10.5 Å². The molecule has 0 aliphatic carbocycles. The average molecular weight is 564 g/mol. The lowest BCUT2D eigenvalue weighted by atomic mass is 10.2. The molecule has 0 saturated carbocycles. The molecule has 1 amide bonds. The normalized spacial score (nSPS) is 18.8. The number of carboxylic acids is 2. The minimum Gasteiger partial charge on any atom is -0.481 e. The summed E-state index contributed by atoms with van der Waals surface area (Å²) in [6, 6.07) is 7.99. The van der Waals surface area contributed by atoms with E-state index < -0.39 is 29.9 Å². The molecule has 188 valence electrons. The highest BCUT2D eigenvalue weighted by Crippen LogP contribution is 2.45. The maximum atomic E-state index is 13.3. The number of carboxylic acid groups (broad SMARTS) is 2. The van der Waals surface area contributed by atoms with Crippen LogP contribution in [0.2, 0.25) is 0 Å². The van der Waals surface area contributed by atoms with Crippen LogP contribution in [-0.2, 0) is 20.9 Å². The first-order valence-electron chi connectivity index (χ1n) is 10.8. The minimum atomic E-state index is -1.22. The number of rotatable bonds is 7. The molecule has 1 fully saturated rings. The van der Waals surface area contributed by atoms with Crippen molar-refractivity contribution >= 4 is 85.4 Å². The van der Waals surface area contributed by atoms with Crippen molar-refractivity contribution in [1.29, 1.82) is 0 Å². The Hall–Kier alpha value is -2.87. The molecule has 2 aliphatic rings. The molecule has 0 unspecified atom stereocenters. The van der Waals surface area contributed by atoms with Gasteiger partial charge in [-0.2, -0.15) is 0 Å². The largest absolute Gasteiger partial charge is 0.481 e. The second-order valence-electron chi connectivity index (χ2n) is 7.80. The van der Waals surface area contributed by atoms with Crippen molar-refractivity contribution in [2.75, 3.05) is 18.0 Å². The van der Waals surface area contributed by atoms with Crippen molar-refractivity contribution in [2.45, 2.75) is 31.7 Å². The summed E-state index contributed by atoms with van der Waals surface area (Å²) < 4.78 is 1.76. The number of thiazole rings is 1. The van der Waals surface area contributed by atoms with E-state index in [-0.39, 0.29) is 26.9 Å². The van der Waals surface area contributed by atoms with Gasteiger partial charge in [0, 0.05) is 18.0 Å². The molecule has 1 aromatic heterocycles. The Kier molecular flexibility index (Phi) is 7.73. The maximum Gasteiger partial charge on any atom is 0.323 e. The van der Waals surface area contributed by atoms with Crippen LogP contribution in [0.5, 0.6) is 0 Å². The number of carbonyl (C=O) groups is 3. The van der Waals surface area contributed by atoms with Gasteiger partial charge in [-0.15, -0.1) is 11.3 Å². The van der Waals surface area contributed by atoms with E-state index in [4.69, 9.17) is 17.3 Å². The number of aliphatic carboxylic acids is 2. The number of allylic oxidation sites excluding steroid dienone is 1. The highest BCUT2D eigenvalue weighted by atomic mass is 32.2. The molecular weight excluding hydrogens is 543 g/mol. The second-order valence-corrected chi connectivity index (χ2v) is 11.5. The van der Waals surface area contributed by atoms with Crippen molar-refractivity contribution in [2.24, 2.45) is 0 Å². The number of para-hydroxylation sites is 1. The number of amides is 1. The molecule has 0 bridgehead atoms. The highest BCUT2D eigenvalue weighted by molar-refractivity contribution is 8.30. The molecule has 9 nitrogen and oxygen atoms in total. The lowest BCUT2D eigenvalue weighted by Crippen LogP contribution is -2.36. The van der Waals surface area contributed by atoms with E-state index in [9.17, 15) is 24.3 Å². The van der Waals surface area contributed by atoms with Gasteiger partial charge in [-0.1, -0.05) is 47.9 Å². The molecule has 1 saturated heterocycles. The summed E-state index contributed by atoms with van der Waals surface area (Å²) in [6.07, 6.45) is 1.61. The van der Waals surface area contributed by atoms with Crippen LogP contribution in [0.1, 0.15) is 20.3 Å². The zero-order chi connectivity index (χ0) is 26.1. The van der Waals surface area contributed by atoms with Crippen LogP contribution >= 0.6 is 47.1 Å². The Morgan fingerprint density at radius 2 is 1.81 bits per heavy atom. The fourth-order valence-corrected chi connectivity index (χ4v) is 7.58. The third-order valence-corrected chi connectivity index (χ3v) is 9.42. The van der Waals surface area contributed by atoms with Gasteiger partial charge >= 0.3 is 11.9 Å². The van der Waals surface area contributed by atoms with Gasteiger partial charge in [0.1, 0.15) is 20.4 Å². The van der Waals surface area contributed by atoms with Crippen molar-refractivity contribution < 1.29 is 24.6 Å². The van der Waals surface area contributed by atoms with Crippen LogP contribution in [0, 0.1) is 0 Å². The van der Waals surface area contributed by atoms with Crippen LogP contribution < -0.4 is 19.7 Å². The first kappa shape index (κ1) is 26.2. The topological polar surface area (TPSA) is 120 Å². The first-order chi connectivity index (χ1) is 17.1. The summed E-state index contributed by atoms with van der Waals surface area (Å²) in [5, 5.41) is 19.3. The molecule has 0 spiro atoms. The van der Waals surface area contributed by atoms with Crippen LogP contribution in [-0.4, -0.2) is 54.9 Å². The Labute approximate surface area is 223 Å². The molecule has 36 heavy (non-hydrogen) atoms. The van der Waals surface area contributed by atoms with Crippen molar-refractivity contribution in [1.82, 2.24) is 9.47 Å². The SMILES string of the molecule is CCN1C(=C/C(C)=c2/s/c(=C3\SC(=S)N(CCC(=O)O)C3=O)n(CC(=O)O)c2=O)Sc2ccccc21. The molecule has 3 heterocycles. The molecule has 4 rings (SSSR count). The highest BCUT2D eigenvalue weighted by Gasteiger charge is 2.34. The Morgan fingerprint density at radius 3 is 2.47 bits per heavy atom. The van der Waals surface area contributed by atoms with Crippen molar-refractivity contribution in [3.63, 3.8) is 0 Å². The Bertz CT molecular complexity index is 1510. The zero-order valence-corrected chi connectivity index (χ0v) is 22.5. The number of thioether (sulfide) groups is 2. The number of aromatic nitrogens is 1. The molecule has 1 aromatic carbocycles. The van der Waals surface area contributed by atoms with E-state index in [1.165, 1.54) is 4.90 Å². The maximum absolute atomic E-state index is 13.3. The molecular formula is C23H21N3O6S4. The lowest BCUT2D eigenvalue weighted by Gasteiger charge is -2.17. The third kappa shape index (κ3) is 5.01. The summed E-state index contributed by atoms with van der Waals surface area (Å²) >= 11 is 8.82. The van der Waals surface area contributed by atoms with E-state index in [1.54, 1.807) is 18.7 Å². The lowest BCUT2D eigenvalue weighted by molar-refractivity contribution is -0.138. The molecule has 2 aliphatic heterocycles. The molecule has 0 radical (unpaired) electrons. The number of carbonyl (C=O) groups excluding carboxylic acids is 1. The predicted octanol–water partition coefficient (Wildman–Crippen LogP) is 2.08. The fourth-order valence-electron chi connectivity index (χ4n) is 3.77. The number of hydrogen-bond acceptors (Lipinski definition) is 9. The van der Waals surface area contributed by atoms with Crippen LogP contribution in [0.3, 0.4) is 0 Å². The van der Waals surface area contributed by atoms with Gasteiger partial charge in [0.25, 0.3) is 11.5 Å². The van der Waals surface area contributed by atoms with Gasteiger partial charge in [-0.25, -0.2) is 0 Å². The van der Waals surface area contributed by atoms with Gasteiger partial charge in [-0.3, -0.25) is 28.6 Å². The first-order valence-corrected chi connectivity index (χ1v) is 13.7. The second kappa shape index (κ2) is 10.6. The monoisotopic (exact) mass is 563 g/mol. The number of fused-ring (bicyclic) bond motifs is 1. The van der Waals surface area contributed by atoms with E-state index in [1.807, 2.05) is 37.3 Å². The minimum absolute atomic E-state index is 0.104. The van der Waals surface area contributed by atoms with Gasteiger partial charge in [0.15, 0.2) is 0 Å². The summed E-state index contributed by atoms with van der Waals surface area (Å²) in [4.78, 5) is 53.4. The number of anilines is 1. The van der Waals surface area contributed by atoms with Crippen molar-refractivity contribution in [3.8, 4) is 0 Å². The van der Waals surface area contributed by atoms with Crippen molar-refractivity contribution in [3.05, 3.63) is 54.9 Å². The average Bonchev–Trinajstić information content (AvgIpc) is 3.43. The number of hydrogen-bond donors (Lipinski definition) is 2. The summed E-state index contributed by atoms with van der Waals surface area (Å²) in [7, 11) is 0. The molecule has 2 aromatic rings. The Balaban J connectivity index is 1.85. The molecule has 0 atom stereocenters. The summed E-state index contributed by atoms with van der Waals surface area (Å²) in [6.45, 7) is 3.83. The van der Waals surface area contributed by atoms with Gasteiger partial charge < -0.3 is 15.1 Å². The van der Waals surface area contributed by atoms with Gasteiger partial charge in [-0.05, 0) is 37.6 Å². The van der Waals surface area contributed by atoms with Crippen LogP contribution in [0.15, 0.2) is 45.1 Å². The summed E-state index contributed by atoms with van der Waals surface area (Å²) in [5.41, 5.74) is 1.22. The number of thiocarbonyl (C=S) groups is 1. The van der Waals surface area contributed by atoms with E-state index in [2.05, 4.69) is 4.90 Å². The fraction of sp³-hybridized carbons (Fsp3) is 0.261. The quantitative estimate of drug-likeness (QED) is 0.485.